The fourth-order valence-corrected chi connectivity index (χ4v) is 6.64. The molecule has 8 atom stereocenters. The SMILES string of the molecule is C/C=C(/C)C(=O)O[C@@H]1[C@@H](O)[C@@H](OC(=O)/C(C)=C\C)[C@@]2(C)C3C(=O)C[C@@H](C)C2C3C1(C)C. The molecule has 4 aliphatic carbocycles. The van der Waals surface area contributed by atoms with Gasteiger partial charge in [0.25, 0.3) is 0 Å². The van der Waals surface area contributed by atoms with Crippen molar-refractivity contribution in [2.24, 2.45) is 34.5 Å². The second kappa shape index (κ2) is 7.88. The van der Waals surface area contributed by atoms with E-state index in [4.69, 9.17) is 9.47 Å². The number of carbonyl (C=O) groups excluding carboxylic acids is 3. The van der Waals surface area contributed by atoms with Crippen molar-refractivity contribution in [3.05, 3.63) is 23.3 Å². The van der Waals surface area contributed by atoms with E-state index in [2.05, 4.69) is 6.92 Å². The van der Waals surface area contributed by atoms with Crippen molar-refractivity contribution in [1.82, 2.24) is 0 Å². The summed E-state index contributed by atoms with van der Waals surface area (Å²) in [6.07, 6.45) is 0.715. The van der Waals surface area contributed by atoms with Gasteiger partial charge in [0.05, 0.1) is 0 Å². The van der Waals surface area contributed by atoms with Gasteiger partial charge < -0.3 is 14.6 Å². The first-order valence-corrected chi connectivity index (χ1v) is 11.2. The number of aliphatic hydroxyl groups excluding tert-OH is 1. The summed E-state index contributed by atoms with van der Waals surface area (Å²) >= 11 is 0. The summed E-state index contributed by atoms with van der Waals surface area (Å²) in [4.78, 5) is 38.6. The van der Waals surface area contributed by atoms with Crippen LogP contribution in [0.3, 0.4) is 0 Å². The summed E-state index contributed by atoms with van der Waals surface area (Å²) in [5, 5.41) is 11.5. The van der Waals surface area contributed by atoms with Gasteiger partial charge in [-0.25, -0.2) is 9.59 Å². The fourth-order valence-electron chi connectivity index (χ4n) is 6.64. The number of esters is 2. The van der Waals surface area contributed by atoms with Crippen LogP contribution in [0.5, 0.6) is 0 Å². The number of aliphatic hydroxyl groups is 1. The Kier molecular flexibility index (Phi) is 6.02. The van der Waals surface area contributed by atoms with Crippen molar-refractivity contribution in [2.75, 3.05) is 0 Å². The fraction of sp³-hybridized carbons (Fsp3) is 0.720. The lowest BCUT2D eigenvalue weighted by Crippen LogP contribution is -2.71. The molecule has 3 unspecified atom stereocenters. The number of ketones is 1. The van der Waals surface area contributed by atoms with Crippen LogP contribution in [0.4, 0.5) is 0 Å². The van der Waals surface area contributed by atoms with Gasteiger partial charge in [0, 0.05) is 34.3 Å². The van der Waals surface area contributed by atoms with Crippen molar-refractivity contribution in [3.63, 3.8) is 0 Å². The number of allylic oxidation sites excluding steroid dienone is 2. The molecule has 6 heteroatoms. The highest BCUT2D eigenvalue weighted by atomic mass is 16.6. The lowest BCUT2D eigenvalue weighted by molar-refractivity contribution is -0.241. The van der Waals surface area contributed by atoms with Crippen LogP contribution in [0, 0.1) is 34.5 Å². The van der Waals surface area contributed by atoms with Crippen LogP contribution in [-0.4, -0.2) is 41.1 Å². The van der Waals surface area contributed by atoms with E-state index in [9.17, 15) is 19.5 Å². The highest BCUT2D eigenvalue weighted by Crippen LogP contribution is 2.73. The molecule has 0 aromatic heterocycles. The third kappa shape index (κ3) is 3.29. The van der Waals surface area contributed by atoms with E-state index >= 15 is 0 Å². The Labute approximate surface area is 185 Å². The van der Waals surface area contributed by atoms with Crippen molar-refractivity contribution < 1.29 is 29.0 Å². The summed E-state index contributed by atoms with van der Waals surface area (Å²) < 4.78 is 11.8. The Morgan fingerprint density at radius 2 is 1.45 bits per heavy atom. The Morgan fingerprint density at radius 3 is 1.90 bits per heavy atom. The molecule has 0 aliphatic heterocycles. The number of fused-ring (bicyclic) bond motifs is 3. The van der Waals surface area contributed by atoms with Gasteiger partial charge in [-0.2, -0.15) is 0 Å². The number of carbonyl (C=O) groups is 3. The molecule has 4 aliphatic rings. The molecule has 4 saturated carbocycles. The normalized spacial score (nSPS) is 41.7. The molecular weight excluding hydrogens is 396 g/mol. The van der Waals surface area contributed by atoms with Crippen molar-refractivity contribution in [2.45, 2.75) is 80.1 Å². The zero-order valence-electron chi connectivity index (χ0n) is 19.9. The highest BCUT2D eigenvalue weighted by Gasteiger charge is 2.77. The van der Waals surface area contributed by atoms with Crippen LogP contribution in [0.1, 0.15) is 61.8 Å². The monoisotopic (exact) mass is 432 g/mol. The predicted molar refractivity (Wildman–Crippen MR) is 116 cm³/mol. The van der Waals surface area contributed by atoms with Gasteiger partial charge in [-0.15, -0.1) is 0 Å². The van der Waals surface area contributed by atoms with Gasteiger partial charge >= 0.3 is 11.9 Å². The summed E-state index contributed by atoms with van der Waals surface area (Å²) in [6, 6.07) is 0. The third-order valence-corrected chi connectivity index (χ3v) is 8.42. The van der Waals surface area contributed by atoms with E-state index in [1.54, 1.807) is 39.8 Å². The van der Waals surface area contributed by atoms with E-state index in [-0.39, 0.29) is 29.5 Å². The van der Waals surface area contributed by atoms with Crippen LogP contribution in [0.15, 0.2) is 23.3 Å². The van der Waals surface area contributed by atoms with E-state index in [1.165, 1.54) is 0 Å². The second-order valence-corrected chi connectivity index (χ2v) is 10.5. The van der Waals surface area contributed by atoms with E-state index in [0.717, 1.165) is 0 Å². The third-order valence-electron chi connectivity index (χ3n) is 8.42. The van der Waals surface area contributed by atoms with Gasteiger partial charge in [-0.3, -0.25) is 4.79 Å². The predicted octanol–water partition coefficient (Wildman–Crippen LogP) is 3.62. The van der Waals surface area contributed by atoms with Gasteiger partial charge in [0.1, 0.15) is 24.1 Å². The maximum absolute atomic E-state index is 13.2. The maximum Gasteiger partial charge on any atom is 0.333 e. The Morgan fingerprint density at radius 1 is 0.968 bits per heavy atom. The topological polar surface area (TPSA) is 89.9 Å². The summed E-state index contributed by atoms with van der Waals surface area (Å²) in [6.45, 7) is 14.7. The van der Waals surface area contributed by atoms with Gasteiger partial charge in [0.2, 0.25) is 0 Å². The second-order valence-electron chi connectivity index (χ2n) is 10.5. The van der Waals surface area contributed by atoms with Crippen LogP contribution < -0.4 is 0 Å². The van der Waals surface area contributed by atoms with Crippen LogP contribution >= 0.6 is 0 Å². The molecule has 0 amide bonds. The minimum absolute atomic E-state index is 0.0568. The molecule has 0 heterocycles. The number of Topliss-reactive ketones (excluding diaryl/α,β-unsaturated/α-hetero) is 1. The molecule has 6 nitrogen and oxygen atoms in total. The Balaban J connectivity index is 2.12. The van der Waals surface area contributed by atoms with Gasteiger partial charge in [-0.1, -0.05) is 39.8 Å². The largest absolute Gasteiger partial charge is 0.456 e. The number of ether oxygens (including phenoxy) is 2. The molecule has 172 valence electrons. The Hall–Kier alpha value is -1.95. The highest BCUT2D eigenvalue weighted by molar-refractivity contribution is 5.89. The molecule has 1 N–H and O–H groups in total. The summed E-state index contributed by atoms with van der Waals surface area (Å²) in [5.41, 5.74) is -0.498. The number of rotatable bonds is 4. The molecule has 0 spiro atoms. The average Bonchev–Trinajstić information content (AvgIpc) is 2.78. The average molecular weight is 433 g/mol. The van der Waals surface area contributed by atoms with E-state index < -0.39 is 41.1 Å². The lowest BCUT2D eigenvalue weighted by Gasteiger charge is -2.68. The summed E-state index contributed by atoms with van der Waals surface area (Å²) in [7, 11) is 0. The zero-order chi connectivity index (χ0) is 23.5. The standard InChI is InChI=1S/C25H36O6/c1-9-12(3)22(28)30-20-19(27)21(31-23(29)13(4)10-2)25(8)16-14(5)11-15(26)17(25)18(16)24(20,6)7/h9-10,14,16-21,27H,11H2,1-8H3/b12-9-,13-10-/t14-,16?,17?,18?,19-,20-,21-,25-/m1/s1. The minimum atomic E-state index is -1.24. The zero-order valence-corrected chi connectivity index (χ0v) is 19.9. The first-order valence-electron chi connectivity index (χ1n) is 11.2. The molecule has 0 saturated heterocycles. The molecule has 4 bridgehead atoms. The van der Waals surface area contributed by atoms with E-state index in [1.807, 2.05) is 20.8 Å². The van der Waals surface area contributed by atoms with Crippen LogP contribution in [-0.2, 0) is 23.9 Å². The molecule has 4 fully saturated rings. The smallest absolute Gasteiger partial charge is 0.333 e. The van der Waals surface area contributed by atoms with Gasteiger partial charge in [0.15, 0.2) is 0 Å². The van der Waals surface area contributed by atoms with Crippen LogP contribution in [0.25, 0.3) is 0 Å². The van der Waals surface area contributed by atoms with E-state index in [0.29, 0.717) is 17.6 Å². The molecule has 31 heavy (non-hydrogen) atoms. The van der Waals surface area contributed by atoms with Crippen LogP contribution in [0.2, 0.25) is 0 Å². The minimum Gasteiger partial charge on any atom is -0.456 e. The van der Waals surface area contributed by atoms with Gasteiger partial charge in [-0.05, 0) is 45.4 Å². The molecule has 0 radical (unpaired) electrons. The quantitative estimate of drug-likeness (QED) is 0.539. The summed E-state index contributed by atoms with van der Waals surface area (Å²) in [5.74, 6) is -1.12. The lowest BCUT2D eigenvalue weighted by atomic mass is 9.35. The number of hydrogen-bond donors (Lipinski definition) is 1. The van der Waals surface area contributed by atoms with Crippen molar-refractivity contribution in [1.29, 1.82) is 0 Å². The molecular formula is C25H36O6. The van der Waals surface area contributed by atoms with Crippen molar-refractivity contribution in [3.8, 4) is 0 Å². The van der Waals surface area contributed by atoms with Crippen molar-refractivity contribution >= 4 is 17.7 Å². The molecule has 4 rings (SSSR count). The Bertz CT molecular complexity index is 852. The molecule has 0 aromatic rings. The first-order chi connectivity index (χ1) is 14.3. The molecule has 0 aromatic carbocycles. The first kappa shape index (κ1) is 23.7. The maximum atomic E-state index is 13.2. The number of hydrogen-bond acceptors (Lipinski definition) is 6.